The average Bonchev–Trinajstić information content (AvgIpc) is 2.20. The number of aromatic nitrogens is 1. The summed E-state index contributed by atoms with van der Waals surface area (Å²) in [6.07, 6.45) is 1.92. The third-order valence-corrected chi connectivity index (χ3v) is 2.88. The molecule has 0 fully saturated rings. The molecule has 0 aromatic carbocycles. The zero-order valence-electron chi connectivity index (χ0n) is 10.8. The molecule has 0 saturated heterocycles. The van der Waals surface area contributed by atoms with Gasteiger partial charge in [-0.3, -0.25) is 9.78 Å². The number of aryl methyl sites for hydroxylation is 1. The molecule has 0 bridgehead atoms. The largest absolute Gasteiger partial charge is 0.388 e. The van der Waals surface area contributed by atoms with E-state index in [2.05, 4.69) is 10.3 Å². The van der Waals surface area contributed by atoms with Crippen molar-refractivity contribution >= 4 is 5.91 Å². The molecule has 1 amide bonds. The first kappa shape index (κ1) is 13.6. The number of aliphatic hydroxyl groups is 1. The number of hydrogen-bond donors (Lipinski definition) is 2. The summed E-state index contributed by atoms with van der Waals surface area (Å²) in [5.74, 6) is -0.124. The van der Waals surface area contributed by atoms with E-state index in [-0.39, 0.29) is 18.4 Å². The SMILES string of the molecule is Cc1cccnc1CC(=O)N[C@H](C)C(C)(C)O. The van der Waals surface area contributed by atoms with Crippen molar-refractivity contribution in [1.29, 1.82) is 0 Å². The van der Waals surface area contributed by atoms with Crippen LogP contribution in [-0.2, 0) is 11.2 Å². The Labute approximate surface area is 102 Å². The Morgan fingerprint density at radius 1 is 1.59 bits per heavy atom. The molecule has 17 heavy (non-hydrogen) atoms. The van der Waals surface area contributed by atoms with E-state index >= 15 is 0 Å². The van der Waals surface area contributed by atoms with Crippen molar-refractivity contribution < 1.29 is 9.90 Å². The molecule has 2 N–H and O–H groups in total. The lowest BCUT2D eigenvalue weighted by Gasteiger charge is -2.26. The lowest BCUT2D eigenvalue weighted by molar-refractivity contribution is -0.122. The summed E-state index contributed by atoms with van der Waals surface area (Å²) in [4.78, 5) is 15.9. The van der Waals surface area contributed by atoms with Gasteiger partial charge in [-0.25, -0.2) is 0 Å². The molecular formula is C13H20N2O2. The van der Waals surface area contributed by atoms with Gasteiger partial charge in [0.25, 0.3) is 0 Å². The van der Waals surface area contributed by atoms with Gasteiger partial charge in [0.2, 0.25) is 5.91 Å². The Kier molecular flexibility index (Phi) is 4.23. The molecule has 0 aliphatic carbocycles. The van der Waals surface area contributed by atoms with Gasteiger partial charge in [0, 0.05) is 6.20 Å². The zero-order chi connectivity index (χ0) is 13.1. The molecule has 1 heterocycles. The second-order valence-electron chi connectivity index (χ2n) is 4.89. The molecule has 0 radical (unpaired) electrons. The average molecular weight is 236 g/mol. The van der Waals surface area contributed by atoms with E-state index in [1.54, 1.807) is 27.0 Å². The molecule has 0 aliphatic heterocycles. The van der Waals surface area contributed by atoms with Crippen LogP contribution in [0.1, 0.15) is 32.0 Å². The first-order chi connectivity index (χ1) is 7.80. The van der Waals surface area contributed by atoms with Crippen LogP contribution in [0.3, 0.4) is 0 Å². The van der Waals surface area contributed by atoms with Crippen molar-refractivity contribution in [3.63, 3.8) is 0 Å². The number of nitrogens with zero attached hydrogens (tertiary/aromatic N) is 1. The number of rotatable bonds is 4. The molecule has 1 rings (SSSR count). The van der Waals surface area contributed by atoms with E-state index in [0.717, 1.165) is 11.3 Å². The minimum Gasteiger partial charge on any atom is -0.388 e. The second-order valence-corrected chi connectivity index (χ2v) is 4.89. The number of hydrogen-bond acceptors (Lipinski definition) is 3. The lowest BCUT2D eigenvalue weighted by Crippen LogP contribution is -2.47. The van der Waals surface area contributed by atoms with Crippen LogP contribution in [0.15, 0.2) is 18.3 Å². The van der Waals surface area contributed by atoms with Crippen LogP contribution < -0.4 is 5.32 Å². The van der Waals surface area contributed by atoms with Gasteiger partial charge < -0.3 is 10.4 Å². The van der Waals surface area contributed by atoms with Gasteiger partial charge in [0.15, 0.2) is 0 Å². The first-order valence-electron chi connectivity index (χ1n) is 5.73. The summed E-state index contributed by atoms with van der Waals surface area (Å²) in [5.41, 5.74) is 0.848. The highest BCUT2D eigenvalue weighted by molar-refractivity contribution is 5.78. The molecule has 0 aliphatic rings. The van der Waals surface area contributed by atoms with E-state index in [4.69, 9.17) is 0 Å². The van der Waals surface area contributed by atoms with Crippen LogP contribution in [0, 0.1) is 6.92 Å². The van der Waals surface area contributed by atoms with Crippen LogP contribution >= 0.6 is 0 Å². The van der Waals surface area contributed by atoms with Gasteiger partial charge in [-0.2, -0.15) is 0 Å². The van der Waals surface area contributed by atoms with Gasteiger partial charge >= 0.3 is 0 Å². The Balaban J connectivity index is 2.60. The molecule has 1 aromatic rings. The smallest absolute Gasteiger partial charge is 0.226 e. The second kappa shape index (κ2) is 5.27. The monoisotopic (exact) mass is 236 g/mol. The summed E-state index contributed by atoms with van der Waals surface area (Å²) in [6, 6.07) is 3.48. The Morgan fingerprint density at radius 2 is 2.24 bits per heavy atom. The fraction of sp³-hybridized carbons (Fsp3) is 0.538. The highest BCUT2D eigenvalue weighted by atomic mass is 16.3. The topological polar surface area (TPSA) is 62.2 Å². The Bertz CT molecular complexity index is 397. The quantitative estimate of drug-likeness (QED) is 0.826. The first-order valence-corrected chi connectivity index (χ1v) is 5.73. The molecular weight excluding hydrogens is 216 g/mol. The van der Waals surface area contributed by atoms with E-state index < -0.39 is 5.60 Å². The number of nitrogens with one attached hydrogen (secondary N) is 1. The number of amides is 1. The van der Waals surface area contributed by atoms with Crippen molar-refractivity contribution in [2.24, 2.45) is 0 Å². The van der Waals surface area contributed by atoms with Gasteiger partial charge in [-0.05, 0) is 39.3 Å². The van der Waals surface area contributed by atoms with Gasteiger partial charge in [-0.1, -0.05) is 6.07 Å². The van der Waals surface area contributed by atoms with Crippen molar-refractivity contribution in [2.45, 2.75) is 45.8 Å². The molecule has 1 atom stereocenters. The highest BCUT2D eigenvalue weighted by Gasteiger charge is 2.23. The highest BCUT2D eigenvalue weighted by Crippen LogP contribution is 2.08. The normalized spacial score (nSPS) is 13.2. The molecule has 0 saturated carbocycles. The minimum atomic E-state index is -0.922. The fourth-order valence-electron chi connectivity index (χ4n) is 1.32. The van der Waals surface area contributed by atoms with Crippen LogP contribution in [-0.4, -0.2) is 27.6 Å². The summed E-state index contributed by atoms with van der Waals surface area (Å²) in [6.45, 7) is 7.05. The molecule has 1 aromatic heterocycles. The molecule has 0 unspecified atom stereocenters. The van der Waals surface area contributed by atoms with Crippen LogP contribution in [0.2, 0.25) is 0 Å². The maximum atomic E-state index is 11.8. The van der Waals surface area contributed by atoms with Crippen molar-refractivity contribution in [2.75, 3.05) is 0 Å². The Morgan fingerprint density at radius 3 is 2.76 bits per heavy atom. The summed E-state index contributed by atoms with van der Waals surface area (Å²) >= 11 is 0. The molecule has 94 valence electrons. The van der Waals surface area contributed by atoms with Crippen molar-refractivity contribution in [3.8, 4) is 0 Å². The zero-order valence-corrected chi connectivity index (χ0v) is 10.8. The van der Waals surface area contributed by atoms with Crippen LogP contribution in [0.5, 0.6) is 0 Å². The predicted octanol–water partition coefficient (Wildman–Crippen LogP) is 1.21. The van der Waals surface area contributed by atoms with Gasteiger partial charge in [0.1, 0.15) is 0 Å². The third kappa shape index (κ3) is 4.15. The molecule has 4 nitrogen and oxygen atoms in total. The molecule has 4 heteroatoms. The summed E-state index contributed by atoms with van der Waals surface area (Å²) < 4.78 is 0. The van der Waals surface area contributed by atoms with Crippen molar-refractivity contribution in [3.05, 3.63) is 29.6 Å². The maximum Gasteiger partial charge on any atom is 0.226 e. The predicted molar refractivity (Wildman–Crippen MR) is 66.6 cm³/mol. The Hall–Kier alpha value is -1.42. The number of carbonyl (C=O) groups is 1. The summed E-state index contributed by atoms with van der Waals surface area (Å²) in [5, 5.41) is 12.5. The van der Waals surface area contributed by atoms with Crippen LogP contribution in [0.25, 0.3) is 0 Å². The van der Waals surface area contributed by atoms with E-state index in [1.165, 1.54) is 0 Å². The number of carbonyl (C=O) groups excluding carboxylic acids is 1. The minimum absolute atomic E-state index is 0.124. The lowest BCUT2D eigenvalue weighted by atomic mass is 10.0. The summed E-state index contributed by atoms with van der Waals surface area (Å²) in [7, 11) is 0. The fourth-order valence-corrected chi connectivity index (χ4v) is 1.32. The van der Waals surface area contributed by atoms with Gasteiger partial charge in [0.05, 0.1) is 23.8 Å². The van der Waals surface area contributed by atoms with E-state index in [0.29, 0.717) is 0 Å². The molecule has 0 spiro atoms. The van der Waals surface area contributed by atoms with Gasteiger partial charge in [-0.15, -0.1) is 0 Å². The number of pyridine rings is 1. The van der Waals surface area contributed by atoms with Crippen LogP contribution in [0.4, 0.5) is 0 Å². The van der Waals surface area contributed by atoms with E-state index in [1.807, 2.05) is 19.1 Å². The standard InChI is InChI=1S/C13H20N2O2/c1-9-6-5-7-14-11(9)8-12(16)15-10(2)13(3,4)17/h5-7,10,17H,8H2,1-4H3,(H,15,16)/t10-/m1/s1. The van der Waals surface area contributed by atoms with Crippen molar-refractivity contribution in [1.82, 2.24) is 10.3 Å². The third-order valence-electron chi connectivity index (χ3n) is 2.88. The maximum absolute atomic E-state index is 11.8. The van der Waals surface area contributed by atoms with E-state index in [9.17, 15) is 9.90 Å².